The number of aliphatic hydroxyl groups excluding tert-OH is 3. The van der Waals surface area contributed by atoms with Crippen LogP contribution in [0.3, 0.4) is 0 Å². The summed E-state index contributed by atoms with van der Waals surface area (Å²) in [4.78, 5) is 12.9. The molecule has 5 unspecified atom stereocenters. The number of carbonyl (C=O) groups is 1. The molecule has 4 nitrogen and oxygen atoms in total. The molecule has 23 heavy (non-hydrogen) atoms. The van der Waals surface area contributed by atoms with Crippen LogP contribution in [0, 0.1) is 28.6 Å². The van der Waals surface area contributed by atoms with Crippen LogP contribution in [0.4, 0.5) is 0 Å². The standard InChI is InChI=1S/C19H28O4/c1-18-5-3-11(20)7-10(18)8-14(21)16-12(18)4-6-19(2)13(16)9-15(22)17(19)23/h8,11-13,15-17,20,22-23H,3-7,9H2,1-2H3/t11-,12?,13?,15+,16?,17-,18?,19?/m0/s1. The average molecular weight is 320 g/mol. The number of hydrogen-bond donors (Lipinski definition) is 3. The third kappa shape index (κ3) is 1.98. The monoisotopic (exact) mass is 320 g/mol. The van der Waals surface area contributed by atoms with Crippen molar-refractivity contribution in [3.05, 3.63) is 11.6 Å². The number of carbonyl (C=O) groups excluding carboxylic acids is 1. The molecular formula is C19H28O4. The van der Waals surface area contributed by atoms with E-state index in [4.69, 9.17) is 0 Å². The first-order chi connectivity index (χ1) is 10.8. The van der Waals surface area contributed by atoms with Crippen molar-refractivity contribution in [1.29, 1.82) is 0 Å². The van der Waals surface area contributed by atoms with E-state index in [1.165, 1.54) is 0 Å². The number of fused-ring (bicyclic) bond motifs is 5. The molecule has 0 aromatic rings. The van der Waals surface area contributed by atoms with Crippen LogP contribution in [-0.2, 0) is 4.79 Å². The van der Waals surface area contributed by atoms with Crippen LogP contribution in [0.2, 0.25) is 0 Å². The van der Waals surface area contributed by atoms with Gasteiger partial charge in [-0.3, -0.25) is 4.79 Å². The Bertz CT molecular complexity index is 570. The van der Waals surface area contributed by atoms with Gasteiger partial charge in [-0.05, 0) is 67.3 Å². The smallest absolute Gasteiger partial charge is 0.159 e. The molecule has 8 atom stereocenters. The SMILES string of the molecule is CC12CC[C@H](O)CC1=CC(=O)C1C2CCC2(C)C1C[C@@H](O)[C@@H]2O. The van der Waals surface area contributed by atoms with Gasteiger partial charge in [-0.2, -0.15) is 0 Å². The highest BCUT2D eigenvalue weighted by Crippen LogP contribution is 2.64. The Morgan fingerprint density at radius 1 is 1.09 bits per heavy atom. The van der Waals surface area contributed by atoms with E-state index in [0.717, 1.165) is 31.3 Å². The van der Waals surface area contributed by atoms with Gasteiger partial charge >= 0.3 is 0 Å². The van der Waals surface area contributed by atoms with Crippen molar-refractivity contribution in [3.63, 3.8) is 0 Å². The normalized spacial score (nSPS) is 55.7. The summed E-state index contributed by atoms with van der Waals surface area (Å²) in [6, 6.07) is 0. The highest BCUT2D eigenvalue weighted by Gasteiger charge is 2.62. The lowest BCUT2D eigenvalue weighted by Gasteiger charge is -2.56. The molecule has 0 radical (unpaired) electrons. The minimum atomic E-state index is -0.715. The summed E-state index contributed by atoms with van der Waals surface area (Å²) in [6.07, 6.45) is 4.75. The Morgan fingerprint density at radius 3 is 2.57 bits per heavy atom. The molecular weight excluding hydrogens is 292 g/mol. The Morgan fingerprint density at radius 2 is 1.83 bits per heavy atom. The van der Waals surface area contributed by atoms with E-state index in [1.807, 2.05) is 6.92 Å². The van der Waals surface area contributed by atoms with Gasteiger partial charge < -0.3 is 15.3 Å². The maximum Gasteiger partial charge on any atom is 0.159 e. The number of rotatable bonds is 0. The van der Waals surface area contributed by atoms with Crippen molar-refractivity contribution < 1.29 is 20.1 Å². The molecule has 4 rings (SSSR count). The van der Waals surface area contributed by atoms with Gasteiger partial charge in [0, 0.05) is 5.92 Å². The maximum atomic E-state index is 12.9. The third-order valence-corrected chi connectivity index (χ3v) is 7.89. The van der Waals surface area contributed by atoms with Crippen molar-refractivity contribution in [3.8, 4) is 0 Å². The second-order valence-corrected chi connectivity index (χ2v) is 8.92. The lowest BCUT2D eigenvalue weighted by atomic mass is 9.47. The van der Waals surface area contributed by atoms with E-state index in [9.17, 15) is 20.1 Å². The molecule has 3 N–H and O–H groups in total. The molecule has 128 valence electrons. The van der Waals surface area contributed by atoms with E-state index in [2.05, 4.69) is 6.92 Å². The van der Waals surface area contributed by atoms with Crippen LogP contribution in [0.1, 0.15) is 52.4 Å². The molecule has 3 saturated carbocycles. The highest BCUT2D eigenvalue weighted by molar-refractivity contribution is 5.94. The first-order valence-corrected chi connectivity index (χ1v) is 9.06. The summed E-state index contributed by atoms with van der Waals surface area (Å²) in [5.74, 6) is 0.441. The molecule has 0 bridgehead atoms. The van der Waals surface area contributed by atoms with Crippen LogP contribution < -0.4 is 0 Å². The van der Waals surface area contributed by atoms with Crippen LogP contribution in [0.25, 0.3) is 0 Å². The van der Waals surface area contributed by atoms with Crippen molar-refractivity contribution in [2.45, 2.75) is 70.7 Å². The Balaban J connectivity index is 1.75. The molecule has 0 amide bonds. The predicted molar refractivity (Wildman–Crippen MR) is 85.5 cm³/mol. The summed E-state index contributed by atoms with van der Waals surface area (Å²) in [5.41, 5.74) is 0.786. The second kappa shape index (κ2) is 4.90. The summed E-state index contributed by atoms with van der Waals surface area (Å²) >= 11 is 0. The van der Waals surface area contributed by atoms with E-state index in [0.29, 0.717) is 12.8 Å². The fourth-order valence-electron chi connectivity index (χ4n) is 6.38. The highest BCUT2D eigenvalue weighted by atomic mass is 16.3. The summed E-state index contributed by atoms with van der Waals surface area (Å²) in [6.45, 7) is 4.31. The predicted octanol–water partition coefficient (Wildman–Crippen LogP) is 1.82. The van der Waals surface area contributed by atoms with Gasteiger partial charge in [-0.25, -0.2) is 0 Å². The fourth-order valence-corrected chi connectivity index (χ4v) is 6.38. The first-order valence-electron chi connectivity index (χ1n) is 9.06. The zero-order valence-electron chi connectivity index (χ0n) is 14.0. The molecule has 4 heteroatoms. The molecule has 0 heterocycles. The minimum absolute atomic E-state index is 0.00235. The molecule has 0 saturated heterocycles. The molecule has 4 aliphatic rings. The van der Waals surface area contributed by atoms with Gasteiger partial charge in [0.2, 0.25) is 0 Å². The summed E-state index contributed by atoms with van der Waals surface area (Å²) < 4.78 is 0. The molecule has 0 aromatic heterocycles. The quantitative estimate of drug-likeness (QED) is 0.636. The van der Waals surface area contributed by atoms with Crippen LogP contribution in [0.5, 0.6) is 0 Å². The van der Waals surface area contributed by atoms with Gasteiger partial charge in [-0.15, -0.1) is 0 Å². The maximum absolute atomic E-state index is 12.9. The van der Waals surface area contributed by atoms with Gasteiger partial charge in [0.15, 0.2) is 5.78 Å². The number of hydrogen-bond acceptors (Lipinski definition) is 4. The van der Waals surface area contributed by atoms with Crippen LogP contribution in [-0.4, -0.2) is 39.4 Å². The van der Waals surface area contributed by atoms with Gasteiger partial charge in [-0.1, -0.05) is 19.4 Å². The topological polar surface area (TPSA) is 77.8 Å². The lowest BCUT2D eigenvalue weighted by Crippen LogP contribution is -2.54. The van der Waals surface area contributed by atoms with E-state index < -0.39 is 12.2 Å². The zero-order chi connectivity index (χ0) is 16.6. The van der Waals surface area contributed by atoms with Crippen molar-refractivity contribution in [2.75, 3.05) is 0 Å². The Labute approximate surface area is 137 Å². The average Bonchev–Trinajstić information content (AvgIpc) is 2.73. The van der Waals surface area contributed by atoms with Gasteiger partial charge in [0.25, 0.3) is 0 Å². The molecule has 0 aliphatic heterocycles. The largest absolute Gasteiger partial charge is 0.393 e. The Kier molecular flexibility index (Phi) is 3.37. The fraction of sp³-hybridized carbons (Fsp3) is 0.842. The third-order valence-electron chi connectivity index (χ3n) is 7.89. The first kappa shape index (κ1) is 15.8. The Hall–Kier alpha value is -0.710. The summed E-state index contributed by atoms with van der Waals surface area (Å²) in [5, 5.41) is 30.6. The summed E-state index contributed by atoms with van der Waals surface area (Å²) in [7, 11) is 0. The van der Waals surface area contributed by atoms with E-state index in [1.54, 1.807) is 6.08 Å². The van der Waals surface area contributed by atoms with Crippen LogP contribution in [0.15, 0.2) is 11.6 Å². The zero-order valence-corrected chi connectivity index (χ0v) is 14.0. The number of ketones is 1. The number of allylic oxidation sites excluding steroid dienone is 1. The molecule has 0 spiro atoms. The van der Waals surface area contributed by atoms with Gasteiger partial charge in [0.05, 0.1) is 18.3 Å². The number of aliphatic hydroxyl groups is 3. The van der Waals surface area contributed by atoms with Gasteiger partial charge in [0.1, 0.15) is 0 Å². The minimum Gasteiger partial charge on any atom is -0.393 e. The van der Waals surface area contributed by atoms with E-state index >= 15 is 0 Å². The van der Waals surface area contributed by atoms with E-state index in [-0.39, 0.29) is 40.5 Å². The lowest BCUT2D eigenvalue weighted by molar-refractivity contribution is -0.136. The van der Waals surface area contributed by atoms with Crippen molar-refractivity contribution in [1.82, 2.24) is 0 Å². The molecule has 3 fully saturated rings. The van der Waals surface area contributed by atoms with Crippen molar-refractivity contribution in [2.24, 2.45) is 28.6 Å². The van der Waals surface area contributed by atoms with Crippen molar-refractivity contribution >= 4 is 5.78 Å². The second-order valence-electron chi connectivity index (χ2n) is 8.92. The molecule has 4 aliphatic carbocycles. The van der Waals surface area contributed by atoms with Crippen LogP contribution >= 0.6 is 0 Å². The molecule has 0 aromatic carbocycles.